The molecule has 3 aromatic rings. The molecular weight excluding hydrogens is 516 g/mol. The summed E-state index contributed by atoms with van der Waals surface area (Å²) in [5.41, 5.74) is 3.42. The third kappa shape index (κ3) is 5.23. The largest absolute Gasteiger partial charge is 0.360 e. The molecule has 0 saturated carbocycles. The van der Waals surface area contributed by atoms with Crippen LogP contribution < -0.4 is 9.62 Å². The van der Waals surface area contributed by atoms with E-state index in [2.05, 4.69) is 14.6 Å². The maximum Gasteiger partial charge on any atom is 0.263 e. The zero-order chi connectivity index (χ0) is 25.3. The highest BCUT2D eigenvalue weighted by Gasteiger charge is 2.32. The summed E-state index contributed by atoms with van der Waals surface area (Å²) in [4.78, 5) is 21.8. The van der Waals surface area contributed by atoms with E-state index in [1.54, 1.807) is 23.7 Å². The predicted octanol–water partition coefficient (Wildman–Crippen LogP) is 5.14. The first-order valence-electron chi connectivity index (χ1n) is 12.2. The van der Waals surface area contributed by atoms with E-state index in [1.165, 1.54) is 16.9 Å². The number of hydrogen-bond acceptors (Lipinski definition) is 6. The van der Waals surface area contributed by atoms with Crippen LogP contribution in [0.4, 0.5) is 10.8 Å². The molecule has 0 unspecified atom stereocenters. The van der Waals surface area contributed by atoms with Crippen LogP contribution in [0.2, 0.25) is 5.02 Å². The van der Waals surface area contributed by atoms with Gasteiger partial charge in [0.1, 0.15) is 6.04 Å². The number of benzene rings is 2. The van der Waals surface area contributed by atoms with Crippen LogP contribution in [0.25, 0.3) is 0 Å². The molecule has 1 saturated heterocycles. The molecular formula is C26H29ClN4O3S2. The number of aromatic nitrogens is 1. The monoisotopic (exact) mass is 544 g/mol. The number of anilines is 2. The van der Waals surface area contributed by atoms with Crippen LogP contribution in [-0.4, -0.2) is 49.9 Å². The average Bonchev–Trinajstić information content (AvgIpc) is 3.40. The van der Waals surface area contributed by atoms with Crippen molar-refractivity contribution in [2.24, 2.45) is 0 Å². The molecule has 0 radical (unpaired) electrons. The van der Waals surface area contributed by atoms with Gasteiger partial charge in [0.15, 0.2) is 5.13 Å². The van der Waals surface area contributed by atoms with Gasteiger partial charge < -0.3 is 9.80 Å². The zero-order valence-electron chi connectivity index (χ0n) is 20.1. The molecule has 1 N–H and O–H groups in total. The Hall–Kier alpha value is -2.62. The van der Waals surface area contributed by atoms with Crippen molar-refractivity contribution >= 4 is 49.7 Å². The van der Waals surface area contributed by atoms with Gasteiger partial charge in [0, 0.05) is 41.9 Å². The van der Waals surface area contributed by atoms with Gasteiger partial charge in [0.25, 0.3) is 10.0 Å². The first kappa shape index (κ1) is 25.0. The van der Waals surface area contributed by atoms with Gasteiger partial charge in [-0.05, 0) is 80.0 Å². The lowest BCUT2D eigenvalue weighted by atomic mass is 9.89. The summed E-state index contributed by atoms with van der Waals surface area (Å²) >= 11 is 7.42. The molecule has 1 fully saturated rings. The van der Waals surface area contributed by atoms with Gasteiger partial charge in [-0.25, -0.2) is 13.4 Å². The number of halogens is 1. The Labute approximate surface area is 221 Å². The maximum absolute atomic E-state index is 13.4. The predicted molar refractivity (Wildman–Crippen MR) is 145 cm³/mol. The molecule has 1 amide bonds. The number of likely N-dealkylation sites (tertiary alicyclic amines) is 1. The molecule has 190 valence electrons. The average molecular weight is 545 g/mol. The highest BCUT2D eigenvalue weighted by atomic mass is 35.5. The number of rotatable bonds is 6. The topological polar surface area (TPSA) is 82.6 Å². The van der Waals surface area contributed by atoms with Gasteiger partial charge in [-0.3, -0.25) is 9.52 Å². The molecule has 2 aliphatic heterocycles. The number of thiazole rings is 1. The fraction of sp³-hybridized carbons (Fsp3) is 0.385. The van der Waals surface area contributed by atoms with E-state index in [9.17, 15) is 13.2 Å². The van der Waals surface area contributed by atoms with Crippen LogP contribution in [-0.2, 0) is 21.2 Å². The third-order valence-electron chi connectivity index (χ3n) is 7.14. The van der Waals surface area contributed by atoms with Crippen LogP contribution in [0.1, 0.15) is 43.2 Å². The Bertz CT molecular complexity index is 1320. The Kier molecular flexibility index (Phi) is 7.23. The lowest BCUT2D eigenvalue weighted by molar-refractivity contribution is -0.133. The van der Waals surface area contributed by atoms with Gasteiger partial charge in [0.2, 0.25) is 5.91 Å². The van der Waals surface area contributed by atoms with Crippen molar-refractivity contribution in [1.29, 1.82) is 0 Å². The zero-order valence-corrected chi connectivity index (χ0v) is 22.5. The minimum Gasteiger partial charge on any atom is -0.360 e. The molecule has 0 spiro atoms. The van der Waals surface area contributed by atoms with Crippen molar-refractivity contribution < 1.29 is 13.2 Å². The molecule has 3 heterocycles. The molecule has 10 heteroatoms. The van der Waals surface area contributed by atoms with Crippen molar-refractivity contribution in [3.8, 4) is 0 Å². The quantitative estimate of drug-likeness (QED) is 0.464. The molecule has 5 rings (SSSR count). The smallest absolute Gasteiger partial charge is 0.263 e. The standard InChI is InChI=1S/C26H29ClN4O3S2/c1-18(31-13-2-3-21-17-22(27)6-9-24(21)31)25(32)30-14-10-20(11-15-30)19-4-7-23(8-5-19)36(33,34)29-26-28-12-16-35-26/h4-9,12,16-18,20H,2-3,10-11,13-15H2,1H3,(H,28,29)/t18-/m1/s1. The minimum absolute atomic E-state index is 0.158. The summed E-state index contributed by atoms with van der Waals surface area (Å²) in [6, 6.07) is 12.8. The molecule has 2 aliphatic rings. The first-order chi connectivity index (χ1) is 17.3. The summed E-state index contributed by atoms with van der Waals surface area (Å²) in [5, 5.41) is 2.81. The second-order valence-electron chi connectivity index (χ2n) is 9.36. The number of aryl methyl sites for hydroxylation is 1. The summed E-state index contributed by atoms with van der Waals surface area (Å²) in [6.07, 6.45) is 5.27. The SMILES string of the molecule is C[C@H](C(=O)N1CCC(c2ccc(S(=O)(=O)Nc3nccs3)cc2)CC1)N1CCCc2cc(Cl)ccc21. The van der Waals surface area contributed by atoms with Crippen LogP contribution in [0.5, 0.6) is 0 Å². The van der Waals surface area contributed by atoms with Gasteiger partial charge in [-0.1, -0.05) is 23.7 Å². The molecule has 2 aromatic carbocycles. The van der Waals surface area contributed by atoms with Gasteiger partial charge in [-0.2, -0.15) is 0 Å². The number of amides is 1. The maximum atomic E-state index is 13.4. The van der Waals surface area contributed by atoms with Crippen molar-refractivity contribution in [3.63, 3.8) is 0 Å². The first-order valence-corrected chi connectivity index (χ1v) is 14.9. The van der Waals surface area contributed by atoms with E-state index in [4.69, 9.17) is 11.6 Å². The van der Waals surface area contributed by atoms with Crippen LogP contribution >= 0.6 is 22.9 Å². The second kappa shape index (κ2) is 10.4. The normalized spacial score (nSPS) is 17.5. The number of piperidine rings is 1. The Morgan fingerprint density at radius 1 is 1.14 bits per heavy atom. The van der Waals surface area contributed by atoms with E-state index < -0.39 is 10.0 Å². The van der Waals surface area contributed by atoms with E-state index in [0.29, 0.717) is 24.1 Å². The second-order valence-corrected chi connectivity index (χ2v) is 12.4. The molecule has 1 atom stereocenters. The Balaban J connectivity index is 1.20. The summed E-state index contributed by atoms with van der Waals surface area (Å²) in [5.74, 6) is 0.455. The van der Waals surface area contributed by atoms with Crippen molar-refractivity contribution in [3.05, 3.63) is 70.2 Å². The van der Waals surface area contributed by atoms with E-state index in [0.717, 1.165) is 48.5 Å². The Morgan fingerprint density at radius 3 is 2.58 bits per heavy atom. The molecule has 0 aliphatic carbocycles. The van der Waals surface area contributed by atoms with Gasteiger partial charge in [-0.15, -0.1) is 11.3 Å². The number of nitrogens with zero attached hydrogens (tertiary/aromatic N) is 3. The molecule has 0 bridgehead atoms. The number of sulfonamides is 1. The number of carbonyl (C=O) groups is 1. The van der Waals surface area contributed by atoms with Crippen LogP contribution in [0.15, 0.2) is 58.9 Å². The molecule has 36 heavy (non-hydrogen) atoms. The summed E-state index contributed by atoms with van der Waals surface area (Å²) in [7, 11) is -3.66. The highest BCUT2D eigenvalue weighted by molar-refractivity contribution is 7.93. The lowest BCUT2D eigenvalue weighted by Gasteiger charge is -2.40. The van der Waals surface area contributed by atoms with Gasteiger partial charge in [0.05, 0.1) is 4.90 Å². The van der Waals surface area contributed by atoms with Crippen molar-refractivity contribution in [2.45, 2.75) is 49.5 Å². The number of fused-ring (bicyclic) bond motifs is 1. The fourth-order valence-corrected chi connectivity index (χ4v) is 7.18. The molecule has 7 nitrogen and oxygen atoms in total. The van der Waals surface area contributed by atoms with Crippen LogP contribution in [0.3, 0.4) is 0 Å². The van der Waals surface area contributed by atoms with Crippen molar-refractivity contribution in [1.82, 2.24) is 9.88 Å². The van der Waals surface area contributed by atoms with Gasteiger partial charge >= 0.3 is 0 Å². The van der Waals surface area contributed by atoms with E-state index >= 15 is 0 Å². The third-order valence-corrected chi connectivity index (χ3v) is 9.55. The lowest BCUT2D eigenvalue weighted by Crippen LogP contribution is -2.50. The fourth-order valence-electron chi connectivity index (χ4n) is 5.19. The van der Waals surface area contributed by atoms with Crippen LogP contribution in [0, 0.1) is 0 Å². The minimum atomic E-state index is -3.66. The van der Waals surface area contributed by atoms with E-state index in [-0.39, 0.29) is 16.8 Å². The van der Waals surface area contributed by atoms with E-state index in [1.807, 2.05) is 42.2 Å². The number of carbonyl (C=O) groups excluding carboxylic acids is 1. The summed E-state index contributed by atoms with van der Waals surface area (Å²) in [6.45, 7) is 4.25. The number of nitrogens with one attached hydrogen (secondary N) is 1. The molecule has 1 aromatic heterocycles. The van der Waals surface area contributed by atoms with Crippen molar-refractivity contribution in [2.75, 3.05) is 29.3 Å². The highest BCUT2D eigenvalue weighted by Crippen LogP contribution is 2.33. The number of hydrogen-bond donors (Lipinski definition) is 1. The summed E-state index contributed by atoms with van der Waals surface area (Å²) < 4.78 is 27.7. The Morgan fingerprint density at radius 2 is 1.89 bits per heavy atom.